The highest BCUT2D eigenvalue weighted by Gasteiger charge is 2.18. The van der Waals surface area contributed by atoms with Gasteiger partial charge in [0.1, 0.15) is 5.82 Å². The molecule has 0 saturated carbocycles. The van der Waals surface area contributed by atoms with E-state index in [9.17, 15) is 0 Å². The first-order chi connectivity index (χ1) is 11.7. The predicted octanol–water partition coefficient (Wildman–Crippen LogP) is 6.67. The van der Waals surface area contributed by atoms with Crippen molar-refractivity contribution in [1.82, 2.24) is 14.5 Å². The summed E-state index contributed by atoms with van der Waals surface area (Å²) in [5.74, 6) is 1.09. The summed E-state index contributed by atoms with van der Waals surface area (Å²) in [4.78, 5) is 7.34. The molecule has 1 aliphatic heterocycles. The zero-order chi connectivity index (χ0) is 16.5. The van der Waals surface area contributed by atoms with Crippen LogP contribution in [0.4, 0.5) is 0 Å². The molecule has 1 aromatic heterocycles. The lowest BCUT2D eigenvalue weighted by Gasteiger charge is -2.16. The van der Waals surface area contributed by atoms with Gasteiger partial charge in [-0.15, -0.1) is 49.6 Å². The molecule has 0 radical (unpaired) electrons. The van der Waals surface area contributed by atoms with Crippen LogP contribution in [-0.2, 0) is 13.1 Å². The zero-order valence-electron chi connectivity index (χ0n) is 15.0. The van der Waals surface area contributed by atoms with Crippen molar-refractivity contribution in [3.63, 3.8) is 0 Å². The zero-order valence-corrected chi connectivity index (χ0v) is 19.8. The van der Waals surface area contributed by atoms with Crippen LogP contribution in [0.3, 0.4) is 0 Å². The number of aromatic nitrogens is 2. The number of para-hydroxylation sites is 2. The number of nitrogens with zero attached hydrogens (tertiary/aromatic N) is 3. The van der Waals surface area contributed by atoms with Crippen molar-refractivity contribution in [3.8, 4) is 0 Å². The molecule has 3 nitrogen and oxygen atoms in total. The van der Waals surface area contributed by atoms with Gasteiger partial charge in [-0.25, -0.2) is 4.98 Å². The van der Waals surface area contributed by atoms with Gasteiger partial charge in [0.2, 0.25) is 0 Å². The molecule has 0 bridgehead atoms. The first kappa shape index (κ1) is 27.6. The second-order valence-corrected chi connectivity index (χ2v) is 7.08. The van der Waals surface area contributed by atoms with E-state index in [1.165, 1.54) is 12.8 Å². The van der Waals surface area contributed by atoms with Gasteiger partial charge in [0, 0.05) is 0 Å². The average molecular weight is 506 g/mol. The van der Waals surface area contributed by atoms with Gasteiger partial charge in [-0.3, -0.25) is 4.90 Å². The summed E-state index contributed by atoms with van der Waals surface area (Å²) < 4.78 is 2.27. The SMILES string of the molecule is Cl.Cl.Cl.Cl.Clc1cccc(Cn2c(CN3CCCC3)nc3ccccc32)c1Cl. The summed E-state index contributed by atoms with van der Waals surface area (Å²) >= 11 is 12.6. The lowest BCUT2D eigenvalue weighted by Crippen LogP contribution is -2.21. The van der Waals surface area contributed by atoms with Crippen LogP contribution in [0.25, 0.3) is 11.0 Å². The van der Waals surface area contributed by atoms with Crippen LogP contribution in [0.2, 0.25) is 10.0 Å². The van der Waals surface area contributed by atoms with E-state index in [-0.39, 0.29) is 49.6 Å². The van der Waals surface area contributed by atoms with Crippen LogP contribution >= 0.6 is 72.8 Å². The number of hydrogen-bond acceptors (Lipinski definition) is 2. The minimum Gasteiger partial charge on any atom is -0.322 e. The van der Waals surface area contributed by atoms with E-state index in [2.05, 4.69) is 27.7 Å². The number of fused-ring (bicyclic) bond motifs is 1. The topological polar surface area (TPSA) is 21.1 Å². The number of likely N-dealkylation sites (tertiary alicyclic amines) is 1. The molecule has 0 N–H and O–H groups in total. The normalized spacial score (nSPS) is 13.2. The Morgan fingerprint density at radius 3 is 2.21 bits per heavy atom. The summed E-state index contributed by atoms with van der Waals surface area (Å²) in [6, 6.07) is 14.1. The van der Waals surface area contributed by atoms with Crippen LogP contribution in [-0.4, -0.2) is 27.5 Å². The molecular weight excluding hydrogens is 483 g/mol. The smallest absolute Gasteiger partial charge is 0.124 e. The lowest BCUT2D eigenvalue weighted by atomic mass is 10.2. The summed E-state index contributed by atoms with van der Waals surface area (Å²) in [7, 11) is 0. The molecule has 0 unspecified atom stereocenters. The van der Waals surface area contributed by atoms with Crippen LogP contribution in [0.15, 0.2) is 42.5 Å². The van der Waals surface area contributed by atoms with Crippen molar-refractivity contribution in [3.05, 3.63) is 63.9 Å². The summed E-state index contributed by atoms with van der Waals surface area (Å²) in [5.41, 5.74) is 3.20. The van der Waals surface area contributed by atoms with Crippen molar-refractivity contribution in [2.75, 3.05) is 13.1 Å². The molecule has 1 fully saturated rings. The van der Waals surface area contributed by atoms with E-state index in [0.29, 0.717) is 16.6 Å². The summed E-state index contributed by atoms with van der Waals surface area (Å²) in [5, 5.41) is 1.23. The van der Waals surface area contributed by atoms with Gasteiger partial charge in [0.25, 0.3) is 0 Å². The first-order valence-electron chi connectivity index (χ1n) is 8.32. The molecule has 156 valence electrons. The van der Waals surface area contributed by atoms with Crippen LogP contribution < -0.4 is 0 Å². The first-order valence-corrected chi connectivity index (χ1v) is 9.07. The fourth-order valence-corrected chi connectivity index (χ4v) is 3.78. The van der Waals surface area contributed by atoms with Crippen LogP contribution in [0.5, 0.6) is 0 Å². The van der Waals surface area contributed by atoms with Gasteiger partial charge in [0.15, 0.2) is 0 Å². The Hall–Kier alpha value is -0.390. The number of halogens is 6. The predicted molar refractivity (Wildman–Crippen MR) is 129 cm³/mol. The second kappa shape index (κ2) is 12.3. The highest BCUT2D eigenvalue weighted by molar-refractivity contribution is 6.42. The molecule has 28 heavy (non-hydrogen) atoms. The Kier molecular flexibility index (Phi) is 12.2. The number of benzene rings is 2. The Labute approximate surface area is 200 Å². The Morgan fingerprint density at radius 2 is 1.50 bits per heavy atom. The van der Waals surface area contributed by atoms with Crippen molar-refractivity contribution < 1.29 is 0 Å². The van der Waals surface area contributed by atoms with Gasteiger partial charge in [-0.2, -0.15) is 0 Å². The molecule has 3 aromatic rings. The van der Waals surface area contributed by atoms with E-state index < -0.39 is 0 Å². The van der Waals surface area contributed by atoms with Crippen molar-refractivity contribution in [1.29, 1.82) is 0 Å². The van der Waals surface area contributed by atoms with E-state index in [1.54, 1.807) is 0 Å². The molecule has 9 heteroatoms. The van der Waals surface area contributed by atoms with E-state index in [0.717, 1.165) is 42.1 Å². The fourth-order valence-electron chi connectivity index (χ4n) is 3.40. The maximum absolute atomic E-state index is 6.41. The van der Waals surface area contributed by atoms with Crippen LogP contribution in [0.1, 0.15) is 24.2 Å². The third-order valence-electron chi connectivity index (χ3n) is 4.66. The quantitative estimate of drug-likeness (QED) is 0.394. The number of hydrogen-bond donors (Lipinski definition) is 0. The van der Waals surface area contributed by atoms with Gasteiger partial charge < -0.3 is 4.57 Å². The molecular formula is C19H23Cl6N3. The molecule has 0 aliphatic carbocycles. The maximum atomic E-state index is 6.41. The Morgan fingerprint density at radius 1 is 0.821 bits per heavy atom. The molecule has 2 aromatic carbocycles. The highest BCUT2D eigenvalue weighted by Crippen LogP contribution is 2.28. The molecule has 0 spiro atoms. The van der Waals surface area contributed by atoms with Gasteiger partial charge in [-0.1, -0.05) is 47.5 Å². The minimum atomic E-state index is 0. The average Bonchev–Trinajstić information content (AvgIpc) is 3.21. The van der Waals surface area contributed by atoms with Gasteiger partial charge >= 0.3 is 0 Å². The van der Waals surface area contributed by atoms with E-state index in [1.807, 2.05) is 24.3 Å². The standard InChI is InChI=1S/C19H19Cl2N3.4ClH/c20-15-7-5-6-14(19(15)21)12-24-17-9-2-1-8-16(17)22-18(24)13-23-10-3-4-11-23;;;;/h1-2,5-9H,3-4,10-13H2;4*1H. The fraction of sp³-hybridized carbons (Fsp3) is 0.316. The third-order valence-corrected chi connectivity index (χ3v) is 5.52. The largest absolute Gasteiger partial charge is 0.322 e. The van der Waals surface area contributed by atoms with Gasteiger partial charge in [-0.05, 0) is 49.7 Å². The van der Waals surface area contributed by atoms with Crippen molar-refractivity contribution >= 4 is 83.9 Å². The number of rotatable bonds is 4. The Bertz CT molecular complexity index is 877. The lowest BCUT2D eigenvalue weighted by molar-refractivity contribution is 0.318. The third kappa shape index (κ3) is 5.82. The maximum Gasteiger partial charge on any atom is 0.124 e. The van der Waals surface area contributed by atoms with Gasteiger partial charge in [0.05, 0.1) is 34.2 Å². The van der Waals surface area contributed by atoms with Crippen molar-refractivity contribution in [2.24, 2.45) is 0 Å². The minimum absolute atomic E-state index is 0. The molecule has 0 atom stereocenters. The van der Waals surface area contributed by atoms with Crippen molar-refractivity contribution in [2.45, 2.75) is 25.9 Å². The molecule has 1 saturated heterocycles. The Balaban J connectivity index is 0.00000182. The highest BCUT2D eigenvalue weighted by atomic mass is 35.5. The molecule has 4 rings (SSSR count). The summed E-state index contributed by atoms with van der Waals surface area (Å²) in [6.07, 6.45) is 2.56. The summed E-state index contributed by atoms with van der Waals surface area (Å²) in [6.45, 7) is 3.87. The second-order valence-electron chi connectivity index (χ2n) is 6.30. The number of imidazole rings is 1. The molecule has 1 aliphatic rings. The van der Waals surface area contributed by atoms with E-state index in [4.69, 9.17) is 28.2 Å². The molecule has 2 heterocycles. The monoisotopic (exact) mass is 503 g/mol. The van der Waals surface area contributed by atoms with E-state index >= 15 is 0 Å². The molecule has 0 amide bonds. The van der Waals surface area contributed by atoms with Crippen LogP contribution in [0, 0.1) is 0 Å².